The molecule has 0 heterocycles. The molecule has 0 saturated carbocycles. The summed E-state index contributed by atoms with van der Waals surface area (Å²) in [6, 6.07) is 0. The van der Waals surface area contributed by atoms with Crippen LogP contribution in [-0.2, 0) is 0 Å². The maximum Gasteiger partial charge on any atom is 0.390 e. The van der Waals surface area contributed by atoms with Gasteiger partial charge in [-0.05, 0) is 0 Å². The van der Waals surface area contributed by atoms with Gasteiger partial charge in [-0.3, -0.25) is 0 Å². The van der Waals surface area contributed by atoms with Gasteiger partial charge in [0.1, 0.15) is 0 Å². The standard InChI is InChI=1S/C4H7F3S/c1-3(8)2-4(5,6)7/h3,8H,2H2,1H3. The normalized spacial score (nSPS) is 16.1. The summed E-state index contributed by atoms with van der Waals surface area (Å²) in [5.74, 6) is 0. The first-order valence-corrected chi connectivity index (χ1v) is 2.68. The molecule has 0 aromatic rings. The zero-order valence-electron chi connectivity index (χ0n) is 4.37. The molecule has 4 heteroatoms. The fourth-order valence-corrected chi connectivity index (χ4v) is 0.542. The highest BCUT2D eigenvalue weighted by Crippen LogP contribution is 2.23. The second-order valence-electron chi connectivity index (χ2n) is 1.67. The van der Waals surface area contributed by atoms with E-state index in [4.69, 9.17) is 0 Å². The van der Waals surface area contributed by atoms with Gasteiger partial charge in [0.2, 0.25) is 0 Å². The third-order valence-corrected chi connectivity index (χ3v) is 0.709. The van der Waals surface area contributed by atoms with Crippen LogP contribution >= 0.6 is 12.6 Å². The van der Waals surface area contributed by atoms with Gasteiger partial charge in [0.25, 0.3) is 0 Å². The Morgan fingerprint density at radius 1 is 1.50 bits per heavy atom. The lowest BCUT2D eigenvalue weighted by atomic mass is 10.3. The van der Waals surface area contributed by atoms with Crippen LogP contribution in [0.4, 0.5) is 13.2 Å². The van der Waals surface area contributed by atoms with Crippen molar-refractivity contribution in [3.05, 3.63) is 0 Å². The van der Waals surface area contributed by atoms with Crippen molar-refractivity contribution in [2.45, 2.75) is 24.8 Å². The summed E-state index contributed by atoms with van der Waals surface area (Å²) in [6.07, 6.45) is -4.86. The fourth-order valence-electron chi connectivity index (χ4n) is 0.335. The maximum atomic E-state index is 11.3. The van der Waals surface area contributed by atoms with Crippen LogP contribution in [0.25, 0.3) is 0 Å². The highest BCUT2D eigenvalue weighted by Gasteiger charge is 2.28. The molecule has 0 amide bonds. The van der Waals surface area contributed by atoms with Crippen molar-refractivity contribution >= 4 is 12.6 Å². The molecule has 0 spiro atoms. The van der Waals surface area contributed by atoms with Crippen LogP contribution in [0.2, 0.25) is 0 Å². The van der Waals surface area contributed by atoms with Crippen LogP contribution in [0, 0.1) is 0 Å². The largest absolute Gasteiger partial charge is 0.390 e. The Morgan fingerprint density at radius 3 is 1.88 bits per heavy atom. The summed E-state index contributed by atoms with van der Waals surface area (Å²) in [4.78, 5) is 0. The topological polar surface area (TPSA) is 0 Å². The molecule has 0 nitrogen and oxygen atoms in total. The molecule has 8 heavy (non-hydrogen) atoms. The first kappa shape index (κ1) is 8.14. The molecule has 0 aliphatic heterocycles. The van der Waals surface area contributed by atoms with E-state index in [-0.39, 0.29) is 0 Å². The minimum absolute atomic E-state index is 0.588. The van der Waals surface area contributed by atoms with Crippen LogP contribution in [0.1, 0.15) is 13.3 Å². The van der Waals surface area contributed by atoms with Crippen molar-refractivity contribution in [3.63, 3.8) is 0 Å². The SMILES string of the molecule is CC(S)CC(F)(F)F. The lowest BCUT2D eigenvalue weighted by Gasteiger charge is -2.06. The van der Waals surface area contributed by atoms with Crippen molar-refractivity contribution in [3.8, 4) is 0 Å². The van der Waals surface area contributed by atoms with Gasteiger partial charge in [-0.25, -0.2) is 0 Å². The predicted octanol–water partition coefficient (Wildman–Crippen LogP) is 2.26. The third-order valence-electron chi connectivity index (χ3n) is 0.527. The number of halogens is 3. The van der Waals surface area contributed by atoms with Gasteiger partial charge in [-0.2, -0.15) is 25.8 Å². The van der Waals surface area contributed by atoms with Gasteiger partial charge < -0.3 is 0 Å². The van der Waals surface area contributed by atoms with Gasteiger partial charge in [0.05, 0.1) is 6.42 Å². The van der Waals surface area contributed by atoms with Gasteiger partial charge in [-0.1, -0.05) is 6.92 Å². The number of rotatable bonds is 1. The van der Waals surface area contributed by atoms with Crippen LogP contribution in [0.15, 0.2) is 0 Å². The average molecular weight is 144 g/mol. The second-order valence-corrected chi connectivity index (χ2v) is 2.55. The second kappa shape index (κ2) is 2.62. The van der Waals surface area contributed by atoms with Crippen molar-refractivity contribution in [2.75, 3.05) is 0 Å². The number of hydrogen-bond acceptors (Lipinski definition) is 1. The minimum Gasteiger partial charge on any atom is -0.176 e. The van der Waals surface area contributed by atoms with Gasteiger partial charge in [0.15, 0.2) is 0 Å². The number of thiol groups is 1. The quantitative estimate of drug-likeness (QED) is 0.536. The van der Waals surface area contributed by atoms with E-state index in [0.717, 1.165) is 0 Å². The van der Waals surface area contributed by atoms with E-state index in [9.17, 15) is 13.2 Å². The van der Waals surface area contributed by atoms with Crippen molar-refractivity contribution < 1.29 is 13.2 Å². The zero-order chi connectivity index (χ0) is 6.78. The van der Waals surface area contributed by atoms with Crippen LogP contribution in [0.5, 0.6) is 0 Å². The summed E-state index contributed by atoms with van der Waals surface area (Å²) >= 11 is 3.57. The summed E-state index contributed by atoms with van der Waals surface area (Å²) in [7, 11) is 0. The molecule has 0 radical (unpaired) electrons. The molecule has 0 saturated heterocycles. The molecule has 50 valence electrons. The minimum atomic E-state index is -4.05. The monoisotopic (exact) mass is 144 g/mol. The number of alkyl halides is 3. The molecule has 0 bridgehead atoms. The fraction of sp³-hybridized carbons (Fsp3) is 1.00. The molecule has 0 aliphatic carbocycles. The van der Waals surface area contributed by atoms with E-state index in [1.165, 1.54) is 6.92 Å². The molecular weight excluding hydrogens is 137 g/mol. The highest BCUT2D eigenvalue weighted by molar-refractivity contribution is 7.80. The van der Waals surface area contributed by atoms with Crippen molar-refractivity contribution in [1.29, 1.82) is 0 Å². The summed E-state index contributed by atoms with van der Waals surface area (Å²) in [6.45, 7) is 1.41. The molecule has 0 aromatic carbocycles. The van der Waals surface area contributed by atoms with E-state index < -0.39 is 17.8 Å². The van der Waals surface area contributed by atoms with Crippen molar-refractivity contribution in [2.24, 2.45) is 0 Å². The highest BCUT2D eigenvalue weighted by atomic mass is 32.1. The Morgan fingerprint density at radius 2 is 1.88 bits per heavy atom. The first-order chi connectivity index (χ1) is 3.42. The molecule has 1 unspecified atom stereocenters. The summed E-state index contributed by atoms with van der Waals surface area (Å²) in [5, 5.41) is -0.588. The third kappa shape index (κ3) is 6.14. The lowest BCUT2D eigenvalue weighted by molar-refractivity contribution is -0.133. The first-order valence-electron chi connectivity index (χ1n) is 2.16. The Bertz CT molecular complexity index is 66.2. The van der Waals surface area contributed by atoms with Gasteiger partial charge in [0, 0.05) is 5.25 Å². The van der Waals surface area contributed by atoms with Crippen LogP contribution in [-0.4, -0.2) is 11.4 Å². The lowest BCUT2D eigenvalue weighted by Crippen LogP contribution is -2.12. The molecular formula is C4H7F3S. The maximum absolute atomic E-state index is 11.3. The number of hydrogen-bond donors (Lipinski definition) is 1. The van der Waals surface area contributed by atoms with Gasteiger partial charge >= 0.3 is 6.18 Å². The Hall–Kier alpha value is 0.140. The molecule has 0 aromatic heterocycles. The Balaban J connectivity index is 3.39. The molecule has 0 aliphatic rings. The molecule has 0 N–H and O–H groups in total. The van der Waals surface area contributed by atoms with E-state index in [1.807, 2.05) is 0 Å². The van der Waals surface area contributed by atoms with E-state index in [2.05, 4.69) is 12.6 Å². The molecule has 0 rings (SSSR count). The Labute approximate surface area is 51.5 Å². The van der Waals surface area contributed by atoms with E-state index in [1.54, 1.807) is 0 Å². The summed E-state index contributed by atoms with van der Waals surface area (Å²) < 4.78 is 33.8. The smallest absolute Gasteiger partial charge is 0.176 e. The molecule has 1 atom stereocenters. The van der Waals surface area contributed by atoms with E-state index >= 15 is 0 Å². The van der Waals surface area contributed by atoms with Crippen LogP contribution in [0.3, 0.4) is 0 Å². The van der Waals surface area contributed by atoms with Crippen LogP contribution < -0.4 is 0 Å². The van der Waals surface area contributed by atoms with Crippen molar-refractivity contribution in [1.82, 2.24) is 0 Å². The zero-order valence-corrected chi connectivity index (χ0v) is 5.26. The average Bonchev–Trinajstić information content (AvgIpc) is 1.21. The predicted molar refractivity (Wildman–Crippen MR) is 29.1 cm³/mol. The van der Waals surface area contributed by atoms with E-state index in [0.29, 0.717) is 0 Å². The van der Waals surface area contributed by atoms with Gasteiger partial charge in [-0.15, -0.1) is 0 Å². The summed E-state index contributed by atoms with van der Waals surface area (Å²) in [5.41, 5.74) is 0. The Kier molecular flexibility index (Phi) is 2.66. The molecule has 0 fully saturated rings.